The van der Waals surface area contributed by atoms with Gasteiger partial charge in [0.1, 0.15) is 0 Å². The highest BCUT2D eigenvalue weighted by atomic mass is 35.5. The van der Waals surface area contributed by atoms with E-state index < -0.39 is 0 Å². The molecule has 1 aromatic rings. The van der Waals surface area contributed by atoms with Crippen molar-refractivity contribution in [3.63, 3.8) is 0 Å². The van der Waals surface area contributed by atoms with E-state index in [1.165, 1.54) is 0 Å². The van der Waals surface area contributed by atoms with Gasteiger partial charge in [0.15, 0.2) is 0 Å². The molecular weight excluding hydrogens is 286 g/mol. The van der Waals surface area contributed by atoms with Gasteiger partial charge in [-0.1, -0.05) is 11.6 Å². The Labute approximate surface area is 132 Å². The number of rotatable bonds is 4. The minimum absolute atomic E-state index is 0.0407. The van der Waals surface area contributed by atoms with Crippen molar-refractivity contribution in [2.24, 2.45) is 0 Å². The van der Waals surface area contributed by atoms with Crippen LogP contribution in [0.1, 0.15) is 27.7 Å². The Balaban J connectivity index is 1.86. The molecule has 0 atom stereocenters. The van der Waals surface area contributed by atoms with Gasteiger partial charge in [-0.2, -0.15) is 0 Å². The first kappa shape index (κ1) is 16.1. The van der Waals surface area contributed by atoms with Crippen LogP contribution in [0.4, 0.5) is 10.5 Å². The summed E-state index contributed by atoms with van der Waals surface area (Å²) in [5.74, 6) is 0. The maximum Gasteiger partial charge on any atom is 0.321 e. The van der Waals surface area contributed by atoms with Crippen LogP contribution in [0, 0.1) is 0 Å². The number of urea groups is 1. The van der Waals surface area contributed by atoms with E-state index in [0.717, 1.165) is 18.8 Å². The van der Waals surface area contributed by atoms with Crippen LogP contribution in [0.2, 0.25) is 5.02 Å². The van der Waals surface area contributed by atoms with Crippen LogP contribution in [0.3, 0.4) is 0 Å². The summed E-state index contributed by atoms with van der Waals surface area (Å²) >= 11 is 5.83. The molecule has 0 aromatic heterocycles. The Hall–Kier alpha value is -1.26. The fourth-order valence-electron chi connectivity index (χ4n) is 2.99. The van der Waals surface area contributed by atoms with E-state index in [0.29, 0.717) is 23.1 Å². The highest BCUT2D eigenvalue weighted by Gasteiger charge is 2.36. The molecule has 21 heavy (non-hydrogen) atoms. The van der Waals surface area contributed by atoms with Crippen LogP contribution in [-0.2, 0) is 0 Å². The summed E-state index contributed by atoms with van der Waals surface area (Å²) in [6.45, 7) is 10.4. The average molecular weight is 310 g/mol. The van der Waals surface area contributed by atoms with E-state index in [1.54, 1.807) is 12.1 Å². The lowest BCUT2D eigenvalue weighted by atomic mass is 10.0. The van der Waals surface area contributed by atoms with Crippen molar-refractivity contribution >= 4 is 23.3 Å². The predicted molar refractivity (Wildman–Crippen MR) is 87.9 cm³/mol. The number of carbonyl (C=O) groups excluding carboxylic acids is 1. The smallest absolute Gasteiger partial charge is 0.321 e. The lowest BCUT2D eigenvalue weighted by Crippen LogP contribution is -2.64. The number of nitrogens with one attached hydrogen (secondary N) is 1. The Bertz CT molecular complexity index is 473. The van der Waals surface area contributed by atoms with E-state index in [2.05, 4.69) is 37.9 Å². The Morgan fingerprint density at radius 3 is 2.19 bits per heavy atom. The van der Waals surface area contributed by atoms with Crippen LogP contribution in [-0.4, -0.2) is 47.0 Å². The number of hydrogen-bond donors (Lipinski definition) is 1. The number of nitrogens with zero attached hydrogens (tertiary/aromatic N) is 2. The molecule has 1 aliphatic rings. The monoisotopic (exact) mass is 309 g/mol. The molecule has 1 aromatic carbocycles. The maximum atomic E-state index is 12.2. The third kappa shape index (κ3) is 3.89. The average Bonchev–Trinajstić information content (AvgIpc) is 2.34. The highest BCUT2D eigenvalue weighted by molar-refractivity contribution is 6.30. The molecular formula is C16H24ClN3O. The molecule has 2 rings (SSSR count). The van der Waals surface area contributed by atoms with Crippen LogP contribution >= 0.6 is 11.6 Å². The molecule has 0 unspecified atom stereocenters. The number of carbonyl (C=O) groups is 1. The summed E-state index contributed by atoms with van der Waals surface area (Å²) in [5.41, 5.74) is 0.775. The van der Waals surface area contributed by atoms with Crippen molar-refractivity contribution in [1.82, 2.24) is 9.80 Å². The molecule has 0 saturated carbocycles. The van der Waals surface area contributed by atoms with Crippen LogP contribution in [0.25, 0.3) is 0 Å². The molecule has 1 heterocycles. The van der Waals surface area contributed by atoms with Gasteiger partial charge in [-0.3, -0.25) is 4.90 Å². The van der Waals surface area contributed by atoms with Gasteiger partial charge in [0, 0.05) is 41.9 Å². The van der Waals surface area contributed by atoms with Crippen molar-refractivity contribution < 1.29 is 4.79 Å². The molecule has 116 valence electrons. The summed E-state index contributed by atoms with van der Waals surface area (Å²) in [5, 5.41) is 3.57. The van der Waals surface area contributed by atoms with Crippen molar-refractivity contribution in [2.75, 3.05) is 18.4 Å². The summed E-state index contributed by atoms with van der Waals surface area (Å²) in [4.78, 5) is 16.5. The minimum atomic E-state index is -0.0407. The summed E-state index contributed by atoms with van der Waals surface area (Å²) in [6, 6.07) is 8.58. The standard InChI is InChI=1S/C16H24ClN3O/c1-11(2)20(12(3)4)15-9-19(10-15)16(21)18-14-7-5-13(17)6-8-14/h5-8,11-12,15H,9-10H2,1-4H3,(H,18,21). The first-order valence-electron chi connectivity index (χ1n) is 7.47. The summed E-state index contributed by atoms with van der Waals surface area (Å²) in [6.07, 6.45) is 0. The molecule has 0 radical (unpaired) electrons. The van der Waals surface area contributed by atoms with Gasteiger partial charge in [-0.05, 0) is 52.0 Å². The van der Waals surface area contributed by atoms with Crippen LogP contribution in [0.15, 0.2) is 24.3 Å². The number of likely N-dealkylation sites (tertiary alicyclic amines) is 1. The van der Waals surface area contributed by atoms with Gasteiger partial charge >= 0.3 is 6.03 Å². The molecule has 2 amide bonds. The van der Waals surface area contributed by atoms with E-state index in [1.807, 2.05) is 17.0 Å². The van der Waals surface area contributed by atoms with Crippen molar-refractivity contribution in [2.45, 2.75) is 45.8 Å². The van der Waals surface area contributed by atoms with Gasteiger partial charge in [-0.25, -0.2) is 4.79 Å². The SMILES string of the molecule is CC(C)N(C(C)C)C1CN(C(=O)Nc2ccc(Cl)cc2)C1. The second-order valence-electron chi connectivity index (χ2n) is 6.13. The second kappa shape index (κ2) is 6.67. The van der Waals surface area contributed by atoms with Crippen molar-refractivity contribution in [3.8, 4) is 0 Å². The summed E-state index contributed by atoms with van der Waals surface area (Å²) in [7, 11) is 0. The number of halogens is 1. The topological polar surface area (TPSA) is 35.6 Å². The highest BCUT2D eigenvalue weighted by Crippen LogP contribution is 2.21. The van der Waals surface area contributed by atoms with Crippen LogP contribution in [0.5, 0.6) is 0 Å². The van der Waals surface area contributed by atoms with Gasteiger partial charge in [0.05, 0.1) is 0 Å². The van der Waals surface area contributed by atoms with E-state index in [-0.39, 0.29) is 6.03 Å². The number of amides is 2. The largest absolute Gasteiger partial charge is 0.321 e. The third-order valence-electron chi connectivity index (χ3n) is 3.86. The number of benzene rings is 1. The maximum absolute atomic E-state index is 12.2. The molecule has 0 bridgehead atoms. The first-order valence-corrected chi connectivity index (χ1v) is 7.85. The fraction of sp³-hybridized carbons (Fsp3) is 0.562. The summed E-state index contributed by atoms with van der Waals surface area (Å²) < 4.78 is 0. The van der Waals surface area contributed by atoms with E-state index in [9.17, 15) is 4.79 Å². The van der Waals surface area contributed by atoms with E-state index >= 15 is 0 Å². The van der Waals surface area contributed by atoms with E-state index in [4.69, 9.17) is 11.6 Å². The zero-order valence-corrected chi connectivity index (χ0v) is 13.9. The molecule has 1 fully saturated rings. The lowest BCUT2D eigenvalue weighted by Gasteiger charge is -2.48. The number of hydrogen-bond acceptors (Lipinski definition) is 2. The predicted octanol–water partition coefficient (Wildman–Crippen LogP) is 3.67. The fourth-order valence-corrected chi connectivity index (χ4v) is 3.11. The molecule has 4 nitrogen and oxygen atoms in total. The molecule has 1 N–H and O–H groups in total. The zero-order chi connectivity index (χ0) is 15.6. The van der Waals surface area contributed by atoms with Crippen LogP contribution < -0.4 is 5.32 Å². The molecule has 0 spiro atoms. The first-order chi connectivity index (χ1) is 9.88. The quantitative estimate of drug-likeness (QED) is 0.921. The van der Waals surface area contributed by atoms with Crippen molar-refractivity contribution in [3.05, 3.63) is 29.3 Å². The lowest BCUT2D eigenvalue weighted by molar-refractivity contribution is 0.0202. The molecule has 5 heteroatoms. The molecule has 1 saturated heterocycles. The minimum Gasteiger partial charge on any atom is -0.321 e. The van der Waals surface area contributed by atoms with Crippen molar-refractivity contribution in [1.29, 1.82) is 0 Å². The number of anilines is 1. The Morgan fingerprint density at radius 2 is 1.71 bits per heavy atom. The Kier molecular flexibility index (Phi) is 5.12. The Morgan fingerprint density at radius 1 is 1.19 bits per heavy atom. The zero-order valence-electron chi connectivity index (χ0n) is 13.1. The molecule has 0 aliphatic carbocycles. The molecule has 1 aliphatic heterocycles. The van der Waals surface area contributed by atoms with Gasteiger partial charge < -0.3 is 10.2 Å². The van der Waals surface area contributed by atoms with Gasteiger partial charge in [-0.15, -0.1) is 0 Å². The second-order valence-corrected chi connectivity index (χ2v) is 6.57. The van der Waals surface area contributed by atoms with Gasteiger partial charge in [0.25, 0.3) is 0 Å². The van der Waals surface area contributed by atoms with Gasteiger partial charge in [0.2, 0.25) is 0 Å². The third-order valence-corrected chi connectivity index (χ3v) is 4.11. The normalized spacial score (nSPS) is 15.7.